The van der Waals surface area contributed by atoms with Crippen molar-refractivity contribution in [2.24, 2.45) is 11.7 Å². The number of carbonyl (C=O) groups is 1. The van der Waals surface area contributed by atoms with Crippen LogP contribution in [0, 0.1) is 5.92 Å². The first kappa shape index (κ1) is 31.8. The van der Waals surface area contributed by atoms with Crippen molar-refractivity contribution >= 4 is 5.97 Å². The number of rotatable bonds is 15. The Morgan fingerprint density at radius 2 is 1.52 bits per heavy atom. The van der Waals surface area contributed by atoms with E-state index < -0.39 is 12.0 Å². The van der Waals surface area contributed by atoms with Crippen LogP contribution in [0.1, 0.15) is 58.1 Å². The second kappa shape index (κ2) is 19.2. The van der Waals surface area contributed by atoms with Gasteiger partial charge >= 0.3 is 5.97 Å². The van der Waals surface area contributed by atoms with Gasteiger partial charge in [-0.3, -0.25) is 4.79 Å². The van der Waals surface area contributed by atoms with Gasteiger partial charge < -0.3 is 34.5 Å². The van der Waals surface area contributed by atoms with E-state index in [1.54, 1.807) is 13.8 Å². The van der Waals surface area contributed by atoms with Crippen LogP contribution >= 0.6 is 0 Å². The van der Waals surface area contributed by atoms with E-state index in [1.807, 2.05) is 6.07 Å². The summed E-state index contributed by atoms with van der Waals surface area (Å²) in [5.41, 5.74) is 7.60. The van der Waals surface area contributed by atoms with Gasteiger partial charge in [0.2, 0.25) is 6.79 Å². The fourth-order valence-electron chi connectivity index (χ4n) is 2.82. The van der Waals surface area contributed by atoms with E-state index in [1.165, 1.54) is 11.1 Å². The number of carboxylic acids is 1. The number of aliphatic carboxylic acids is 1. The molecule has 9 heteroatoms. The molecule has 1 aromatic carbocycles. The van der Waals surface area contributed by atoms with Gasteiger partial charge in [-0.05, 0) is 42.0 Å². The van der Waals surface area contributed by atoms with Gasteiger partial charge in [-0.2, -0.15) is 0 Å². The monoisotopic (exact) mass is 503 g/mol. The third kappa shape index (κ3) is 13.3. The molecule has 188 valence electrons. The van der Waals surface area contributed by atoms with Crippen LogP contribution in [0.3, 0.4) is 0 Å². The molecular formula is C24H41NO7Ti. The Labute approximate surface area is 213 Å². The average Bonchev–Trinajstić information content (AvgIpc) is 3.22. The molecule has 1 aliphatic heterocycles. The average molecular weight is 503 g/mol. The first-order valence-electron chi connectivity index (χ1n) is 11.5. The third-order valence-corrected chi connectivity index (χ3v) is 4.86. The zero-order valence-electron chi connectivity index (χ0n) is 20.6. The number of unbranched alkanes of at least 4 members (excludes halogenated alkanes) is 1. The summed E-state index contributed by atoms with van der Waals surface area (Å²) in [5, 5.41) is 8.23. The van der Waals surface area contributed by atoms with Crippen LogP contribution in [0.4, 0.5) is 0 Å². The van der Waals surface area contributed by atoms with E-state index in [9.17, 15) is 4.79 Å². The largest absolute Gasteiger partial charge is 0.480 e. The molecule has 1 aromatic rings. The van der Waals surface area contributed by atoms with Gasteiger partial charge in [-0.15, -0.1) is 0 Å². The van der Waals surface area contributed by atoms with Gasteiger partial charge in [0.25, 0.3) is 0 Å². The maximum Gasteiger partial charge on any atom is 0.320 e. The standard InChI is InChI=1S/C19H30O5.C5H11NO2.Ti/c1-3-5-7-20-8-9-21-10-11-22-14-17-13-19-18(23-15-24-19)12-16(17)6-4-2;1-3(2)4(6)5(7)8;/h12-13H,3-11,14-15H2,1-2H3;3-4H,6H2,1-2H3,(H,7,8);/t;4-;/m.0./s1. The van der Waals surface area contributed by atoms with Gasteiger partial charge in [0.1, 0.15) is 6.04 Å². The van der Waals surface area contributed by atoms with E-state index in [2.05, 4.69) is 19.9 Å². The van der Waals surface area contributed by atoms with E-state index >= 15 is 0 Å². The summed E-state index contributed by atoms with van der Waals surface area (Å²) in [4.78, 5) is 10.0. The van der Waals surface area contributed by atoms with E-state index in [0.717, 1.165) is 43.8 Å². The van der Waals surface area contributed by atoms with Crippen molar-refractivity contribution in [2.45, 2.75) is 66.0 Å². The molecule has 0 aliphatic carbocycles. The zero-order chi connectivity index (χ0) is 23.8. The molecule has 1 atom stereocenters. The molecular weight excluding hydrogens is 462 g/mol. The smallest absolute Gasteiger partial charge is 0.320 e. The molecule has 0 spiro atoms. The van der Waals surface area contributed by atoms with Crippen molar-refractivity contribution in [1.82, 2.24) is 0 Å². The summed E-state index contributed by atoms with van der Waals surface area (Å²) in [6, 6.07) is 3.40. The fraction of sp³-hybridized carbons (Fsp3) is 0.708. The summed E-state index contributed by atoms with van der Waals surface area (Å²) < 4.78 is 27.6. The van der Waals surface area contributed by atoms with Crippen molar-refractivity contribution in [3.8, 4) is 11.5 Å². The normalized spacial score (nSPS) is 12.7. The summed E-state index contributed by atoms with van der Waals surface area (Å²) in [5.74, 6) is 0.745. The minimum atomic E-state index is -0.931. The SMILES string of the molecule is CC(C)[C@H](N)C(=O)O.CCCCOCCOCCOCc1cc2c(cc1CCC)OCO2.[Ti]. The number of hydrogen-bond donors (Lipinski definition) is 2. The Bertz CT molecular complexity index is 658. The second-order valence-electron chi connectivity index (χ2n) is 7.96. The predicted molar refractivity (Wildman–Crippen MR) is 123 cm³/mol. The van der Waals surface area contributed by atoms with E-state index in [4.69, 9.17) is 34.5 Å². The molecule has 8 nitrogen and oxygen atoms in total. The topological polar surface area (TPSA) is 109 Å². The van der Waals surface area contributed by atoms with Gasteiger partial charge in [0, 0.05) is 28.3 Å². The van der Waals surface area contributed by atoms with E-state index in [-0.39, 0.29) is 27.6 Å². The maximum absolute atomic E-state index is 10.0. The Morgan fingerprint density at radius 3 is 2.00 bits per heavy atom. The quantitative estimate of drug-likeness (QED) is 0.275. The van der Waals surface area contributed by atoms with Crippen molar-refractivity contribution < 1.29 is 55.3 Å². The first-order chi connectivity index (χ1) is 15.4. The van der Waals surface area contributed by atoms with Crippen LogP contribution < -0.4 is 15.2 Å². The molecule has 0 aromatic heterocycles. The van der Waals surface area contributed by atoms with Crippen molar-refractivity contribution in [3.63, 3.8) is 0 Å². The molecule has 1 aliphatic rings. The number of fused-ring (bicyclic) bond motifs is 1. The summed E-state index contributed by atoms with van der Waals surface area (Å²) in [7, 11) is 0. The molecule has 0 radical (unpaired) electrons. The molecule has 3 N–H and O–H groups in total. The number of nitrogens with two attached hydrogens (primary N) is 1. The molecule has 1 heterocycles. The van der Waals surface area contributed by atoms with E-state index in [0.29, 0.717) is 39.8 Å². The predicted octanol–water partition coefficient (Wildman–Crippen LogP) is 3.77. The van der Waals surface area contributed by atoms with Crippen LogP contribution in [-0.4, -0.2) is 56.9 Å². The van der Waals surface area contributed by atoms with Gasteiger partial charge in [0.15, 0.2) is 11.5 Å². The van der Waals surface area contributed by atoms with Crippen LogP contribution in [0.5, 0.6) is 11.5 Å². The Morgan fingerprint density at radius 1 is 0.970 bits per heavy atom. The molecule has 0 saturated carbocycles. The Kier molecular flexibility index (Phi) is 18.5. The van der Waals surface area contributed by atoms with Gasteiger partial charge in [-0.1, -0.05) is 40.5 Å². The first-order valence-corrected chi connectivity index (χ1v) is 11.5. The number of aryl methyl sites for hydroxylation is 1. The summed E-state index contributed by atoms with van der Waals surface area (Å²) in [6.45, 7) is 12.0. The minimum absolute atomic E-state index is 0. The zero-order valence-corrected chi connectivity index (χ0v) is 22.1. The number of hydrogen-bond acceptors (Lipinski definition) is 7. The number of ether oxygens (including phenoxy) is 5. The molecule has 33 heavy (non-hydrogen) atoms. The third-order valence-electron chi connectivity index (χ3n) is 4.86. The minimum Gasteiger partial charge on any atom is -0.480 e. The number of carboxylic acid groups (broad SMARTS) is 1. The molecule has 0 amide bonds. The second-order valence-corrected chi connectivity index (χ2v) is 7.96. The molecule has 0 unspecified atom stereocenters. The van der Waals surface area contributed by atoms with Crippen molar-refractivity contribution in [1.29, 1.82) is 0 Å². The Hall–Kier alpha value is -1.16. The molecule has 0 bridgehead atoms. The molecule has 0 fully saturated rings. The number of benzene rings is 1. The Balaban J connectivity index is 0.000000978. The summed E-state index contributed by atoms with van der Waals surface area (Å²) in [6.07, 6.45) is 4.38. The summed E-state index contributed by atoms with van der Waals surface area (Å²) >= 11 is 0. The van der Waals surface area contributed by atoms with Gasteiger partial charge in [0.05, 0.1) is 33.0 Å². The maximum atomic E-state index is 10.0. The molecule has 0 saturated heterocycles. The van der Waals surface area contributed by atoms with Crippen LogP contribution in [0.15, 0.2) is 12.1 Å². The van der Waals surface area contributed by atoms with Crippen molar-refractivity contribution in [3.05, 3.63) is 23.3 Å². The van der Waals surface area contributed by atoms with Crippen LogP contribution in [0.2, 0.25) is 0 Å². The van der Waals surface area contributed by atoms with Crippen LogP contribution in [0.25, 0.3) is 0 Å². The molecule has 2 rings (SSSR count). The fourth-order valence-corrected chi connectivity index (χ4v) is 2.82. The van der Waals surface area contributed by atoms with Crippen LogP contribution in [-0.2, 0) is 53.8 Å². The van der Waals surface area contributed by atoms with Gasteiger partial charge in [-0.25, -0.2) is 0 Å². The van der Waals surface area contributed by atoms with Crippen molar-refractivity contribution in [2.75, 3.05) is 39.8 Å².